The zero-order valence-electron chi connectivity index (χ0n) is 13.4. The van der Waals surface area contributed by atoms with Crippen molar-refractivity contribution in [1.29, 1.82) is 0 Å². The highest BCUT2D eigenvalue weighted by Gasteiger charge is 2.43. The number of carbonyl (C=O) groups excluding carboxylic acids is 1. The van der Waals surface area contributed by atoms with Crippen LogP contribution in [0.25, 0.3) is 0 Å². The van der Waals surface area contributed by atoms with Crippen molar-refractivity contribution in [3.63, 3.8) is 0 Å². The molecule has 1 aliphatic heterocycles. The van der Waals surface area contributed by atoms with Crippen molar-refractivity contribution in [2.24, 2.45) is 5.92 Å². The van der Waals surface area contributed by atoms with Crippen LogP contribution in [0.2, 0.25) is 0 Å². The Morgan fingerprint density at radius 2 is 2.04 bits per heavy atom. The van der Waals surface area contributed by atoms with Gasteiger partial charge in [-0.1, -0.05) is 6.42 Å². The van der Waals surface area contributed by atoms with E-state index in [-0.39, 0.29) is 24.8 Å². The third-order valence-electron chi connectivity index (χ3n) is 4.97. The van der Waals surface area contributed by atoms with Crippen molar-refractivity contribution in [2.75, 3.05) is 11.4 Å². The van der Waals surface area contributed by atoms with Gasteiger partial charge >= 0.3 is 6.18 Å². The Hall–Kier alpha value is -1.63. The molecule has 0 unspecified atom stereocenters. The first-order valence-corrected chi connectivity index (χ1v) is 8.49. The van der Waals surface area contributed by atoms with Gasteiger partial charge in [-0.15, -0.1) is 0 Å². The summed E-state index contributed by atoms with van der Waals surface area (Å²) in [6.45, 7) is 0.624. The van der Waals surface area contributed by atoms with Crippen molar-refractivity contribution < 1.29 is 18.0 Å². The molecule has 24 heavy (non-hydrogen) atoms. The summed E-state index contributed by atoms with van der Waals surface area (Å²) < 4.78 is 38.8. The second-order valence-electron chi connectivity index (χ2n) is 6.66. The van der Waals surface area contributed by atoms with Crippen molar-refractivity contribution >= 4 is 11.6 Å². The molecular weight excluding hydrogens is 319 g/mol. The normalized spacial score (nSPS) is 28.9. The number of amides is 1. The van der Waals surface area contributed by atoms with E-state index in [9.17, 15) is 18.0 Å². The number of halogens is 3. The molecule has 1 N–H and O–H groups in total. The fraction of sp³-hybridized carbons (Fsp3) is 0.647. The van der Waals surface area contributed by atoms with E-state index in [0.717, 1.165) is 12.1 Å². The number of hydrogen-bond acceptors (Lipinski definition) is 3. The number of nitrogens with one attached hydrogen (secondary N) is 1. The Kier molecular flexibility index (Phi) is 5.08. The SMILES string of the molecule is O=C1[C@H](N[C@H]2CCC[C@H](C(F)(F)F)C2)CCCN1c1cccnc1. The summed E-state index contributed by atoms with van der Waals surface area (Å²) in [7, 11) is 0. The van der Waals surface area contributed by atoms with Crippen LogP contribution in [0, 0.1) is 5.92 Å². The number of alkyl halides is 3. The number of aromatic nitrogens is 1. The highest BCUT2D eigenvalue weighted by atomic mass is 19.4. The molecule has 132 valence electrons. The van der Waals surface area contributed by atoms with Gasteiger partial charge in [-0.25, -0.2) is 0 Å². The summed E-state index contributed by atoms with van der Waals surface area (Å²) in [5, 5.41) is 3.20. The van der Waals surface area contributed by atoms with E-state index in [0.29, 0.717) is 25.8 Å². The summed E-state index contributed by atoms with van der Waals surface area (Å²) in [5.74, 6) is -1.32. The molecule has 1 amide bonds. The minimum Gasteiger partial charge on any atom is -0.310 e. The van der Waals surface area contributed by atoms with Crippen LogP contribution in [-0.4, -0.2) is 35.7 Å². The number of anilines is 1. The zero-order chi connectivity index (χ0) is 17.2. The van der Waals surface area contributed by atoms with Gasteiger partial charge in [0.2, 0.25) is 5.91 Å². The summed E-state index contributed by atoms with van der Waals surface area (Å²) in [5.41, 5.74) is 0.741. The van der Waals surface area contributed by atoms with Crippen LogP contribution in [0.4, 0.5) is 18.9 Å². The minimum absolute atomic E-state index is 0.0663. The largest absolute Gasteiger partial charge is 0.391 e. The van der Waals surface area contributed by atoms with Gasteiger partial charge in [-0.2, -0.15) is 13.2 Å². The lowest BCUT2D eigenvalue weighted by Gasteiger charge is -2.37. The summed E-state index contributed by atoms with van der Waals surface area (Å²) in [4.78, 5) is 18.4. The van der Waals surface area contributed by atoms with Crippen LogP contribution in [-0.2, 0) is 4.79 Å². The summed E-state index contributed by atoms with van der Waals surface area (Å²) in [6, 6.07) is 2.95. The maximum atomic E-state index is 12.9. The van der Waals surface area contributed by atoms with E-state index in [2.05, 4.69) is 10.3 Å². The van der Waals surface area contributed by atoms with E-state index in [1.54, 1.807) is 23.4 Å². The third-order valence-corrected chi connectivity index (χ3v) is 4.97. The Morgan fingerprint density at radius 3 is 2.75 bits per heavy atom. The molecule has 4 nitrogen and oxygen atoms in total. The molecule has 0 spiro atoms. The molecule has 0 aromatic carbocycles. The maximum absolute atomic E-state index is 12.9. The van der Waals surface area contributed by atoms with Crippen LogP contribution < -0.4 is 10.2 Å². The number of rotatable bonds is 3. The third kappa shape index (κ3) is 3.88. The van der Waals surface area contributed by atoms with E-state index >= 15 is 0 Å². The molecule has 1 aromatic heterocycles. The van der Waals surface area contributed by atoms with Crippen LogP contribution in [0.1, 0.15) is 38.5 Å². The average Bonchev–Trinajstić information content (AvgIpc) is 2.57. The van der Waals surface area contributed by atoms with E-state index in [4.69, 9.17) is 0 Å². The fourth-order valence-corrected chi connectivity index (χ4v) is 3.72. The summed E-state index contributed by atoms with van der Waals surface area (Å²) in [6.07, 6.45) is 2.16. The monoisotopic (exact) mass is 341 g/mol. The Labute approximate surface area is 139 Å². The van der Waals surface area contributed by atoms with E-state index in [1.807, 2.05) is 6.07 Å². The Balaban J connectivity index is 1.63. The molecule has 0 bridgehead atoms. The van der Waals surface area contributed by atoms with E-state index < -0.39 is 18.1 Å². The van der Waals surface area contributed by atoms with Crippen LogP contribution in [0.3, 0.4) is 0 Å². The minimum atomic E-state index is -4.14. The van der Waals surface area contributed by atoms with Gasteiger partial charge in [0.05, 0.1) is 23.8 Å². The van der Waals surface area contributed by atoms with Crippen molar-refractivity contribution in [3.8, 4) is 0 Å². The van der Waals surface area contributed by atoms with Gasteiger partial charge in [0.15, 0.2) is 0 Å². The fourth-order valence-electron chi connectivity index (χ4n) is 3.72. The summed E-state index contributed by atoms with van der Waals surface area (Å²) >= 11 is 0. The van der Waals surface area contributed by atoms with Crippen molar-refractivity contribution in [1.82, 2.24) is 10.3 Å². The Morgan fingerprint density at radius 1 is 1.21 bits per heavy atom. The standard InChI is InChI=1S/C17H22F3N3O/c18-17(19,20)12-4-1-5-13(10-12)22-15-7-3-9-23(16(15)24)14-6-2-8-21-11-14/h2,6,8,11-13,15,22H,1,3-5,7,9-10H2/t12-,13-,15+/m0/s1. The van der Waals surface area contributed by atoms with Gasteiger partial charge in [0.25, 0.3) is 0 Å². The number of piperidine rings is 1. The molecule has 7 heteroatoms. The first-order valence-electron chi connectivity index (χ1n) is 8.49. The van der Waals surface area contributed by atoms with Gasteiger partial charge in [-0.05, 0) is 44.2 Å². The topological polar surface area (TPSA) is 45.2 Å². The maximum Gasteiger partial charge on any atom is 0.391 e. The molecule has 1 saturated heterocycles. The van der Waals surface area contributed by atoms with Gasteiger partial charge in [-0.3, -0.25) is 9.78 Å². The van der Waals surface area contributed by atoms with Gasteiger partial charge < -0.3 is 10.2 Å². The van der Waals surface area contributed by atoms with E-state index in [1.165, 1.54) is 0 Å². The van der Waals surface area contributed by atoms with Crippen LogP contribution >= 0.6 is 0 Å². The van der Waals surface area contributed by atoms with Crippen LogP contribution in [0.15, 0.2) is 24.5 Å². The lowest BCUT2D eigenvalue weighted by atomic mass is 9.84. The first kappa shape index (κ1) is 17.2. The van der Waals surface area contributed by atoms with Gasteiger partial charge in [0, 0.05) is 18.8 Å². The molecule has 2 heterocycles. The molecule has 1 saturated carbocycles. The number of pyridine rings is 1. The highest BCUT2D eigenvalue weighted by molar-refractivity contribution is 5.97. The first-order chi connectivity index (χ1) is 11.4. The number of nitrogens with zero attached hydrogens (tertiary/aromatic N) is 2. The number of carbonyl (C=O) groups is 1. The van der Waals surface area contributed by atoms with Gasteiger partial charge in [0.1, 0.15) is 0 Å². The van der Waals surface area contributed by atoms with Crippen LogP contribution in [0.5, 0.6) is 0 Å². The smallest absolute Gasteiger partial charge is 0.310 e. The lowest BCUT2D eigenvalue weighted by molar-refractivity contribution is -0.183. The Bertz CT molecular complexity index is 564. The van der Waals surface area contributed by atoms with Crippen molar-refractivity contribution in [3.05, 3.63) is 24.5 Å². The average molecular weight is 341 g/mol. The predicted octanol–water partition coefficient (Wildman–Crippen LogP) is 3.29. The number of hydrogen-bond donors (Lipinski definition) is 1. The quantitative estimate of drug-likeness (QED) is 0.918. The van der Waals surface area contributed by atoms with Crippen molar-refractivity contribution in [2.45, 2.75) is 56.8 Å². The second-order valence-corrected chi connectivity index (χ2v) is 6.66. The highest BCUT2D eigenvalue weighted by Crippen LogP contribution is 2.37. The molecule has 2 aliphatic rings. The molecule has 3 rings (SSSR count). The second kappa shape index (κ2) is 7.09. The lowest BCUT2D eigenvalue weighted by Crippen LogP contribution is -2.54. The molecule has 1 aromatic rings. The predicted molar refractivity (Wildman–Crippen MR) is 84.5 cm³/mol. The molecular formula is C17H22F3N3O. The molecule has 2 fully saturated rings. The molecule has 0 radical (unpaired) electrons. The molecule has 1 aliphatic carbocycles. The zero-order valence-corrected chi connectivity index (χ0v) is 13.4. The molecule has 3 atom stereocenters.